The molecule has 7 heteroatoms. The van der Waals surface area contributed by atoms with Crippen molar-refractivity contribution in [2.75, 3.05) is 0 Å². The molecule has 3 nitrogen and oxygen atoms in total. The molecule has 0 amide bonds. The normalized spacial score (nSPS) is 13.9. The Hall–Kier alpha value is -0.0325. The zero-order valence-corrected chi connectivity index (χ0v) is 18.1. The van der Waals surface area contributed by atoms with Gasteiger partial charge in [-0.3, -0.25) is 0 Å². The van der Waals surface area contributed by atoms with Gasteiger partial charge >= 0.3 is 8.80 Å². The summed E-state index contributed by atoms with van der Waals surface area (Å²) in [7, 11) is -8.71. The molecule has 0 unspecified atom stereocenters. The molecule has 0 rings (SSSR count). The van der Waals surface area contributed by atoms with E-state index in [0.717, 1.165) is 0 Å². The number of hydrogen-bond acceptors (Lipinski definition) is 3. The lowest BCUT2D eigenvalue weighted by atomic mass is 11.3. The summed E-state index contributed by atoms with van der Waals surface area (Å²) in [6.07, 6.45) is 0. The minimum Gasteiger partial charge on any atom is -0.413 e. The van der Waals surface area contributed by atoms with Gasteiger partial charge in [0.05, 0.1) is 0 Å². The van der Waals surface area contributed by atoms with Crippen LogP contribution in [-0.2, 0) is 12.3 Å². The average Bonchev–Trinajstić information content (AvgIpc) is 2.26. The Morgan fingerprint density at radius 2 is 0.750 bits per heavy atom. The molecule has 0 aromatic carbocycles. The summed E-state index contributed by atoms with van der Waals surface area (Å²) in [6.45, 7) is 26.2. The maximum atomic E-state index is 6.34. The highest BCUT2D eigenvalue weighted by Gasteiger charge is 2.47. The van der Waals surface area contributed by atoms with E-state index < -0.39 is 33.8 Å². The molecule has 116 valence electrons. The molecule has 0 saturated carbocycles. The minimum atomic E-state index is -2.75. The van der Waals surface area contributed by atoms with Crippen molar-refractivity contribution < 1.29 is 12.3 Å². The van der Waals surface area contributed by atoms with Crippen molar-refractivity contribution in [2.24, 2.45) is 0 Å². The second-order valence-electron chi connectivity index (χ2n) is 6.59. The maximum absolute atomic E-state index is 6.34. The molecule has 0 radical (unpaired) electrons. The van der Waals surface area contributed by atoms with Gasteiger partial charge in [0, 0.05) is 6.55 Å². The Balaban J connectivity index is 5.38. The Bertz CT molecular complexity index is 323. The Labute approximate surface area is 129 Å². The third kappa shape index (κ3) is 7.11. The fraction of sp³-hybridized carbons (Fsp3) is 0.538. The molecule has 0 aliphatic heterocycles. The molecule has 0 atom stereocenters. The summed E-state index contributed by atoms with van der Waals surface area (Å²) in [5, 5.41) is 0. The molecule has 0 aliphatic carbocycles. The molecular formula is C13H30O3Si4. The van der Waals surface area contributed by atoms with E-state index in [0.29, 0.717) is 0 Å². The van der Waals surface area contributed by atoms with Crippen molar-refractivity contribution in [3.63, 3.8) is 0 Å². The maximum Gasteiger partial charge on any atom is 0.467 e. The highest BCUT2D eigenvalue weighted by Crippen LogP contribution is 2.26. The Kier molecular flexibility index (Phi) is 6.81. The largest absolute Gasteiger partial charge is 0.467 e. The minimum absolute atomic E-state index is 1.91. The molecule has 0 heterocycles. The van der Waals surface area contributed by atoms with Crippen molar-refractivity contribution in [1.29, 1.82) is 0 Å². The molecule has 0 aromatic rings. The van der Waals surface area contributed by atoms with Crippen molar-refractivity contribution in [3.8, 4) is 0 Å². The zero-order valence-electron chi connectivity index (χ0n) is 14.1. The van der Waals surface area contributed by atoms with Crippen LogP contribution in [0.15, 0.2) is 36.8 Å². The van der Waals surface area contributed by atoms with E-state index in [4.69, 9.17) is 12.3 Å². The predicted molar refractivity (Wildman–Crippen MR) is 97.9 cm³/mol. The molecule has 0 saturated heterocycles. The van der Waals surface area contributed by atoms with Crippen molar-refractivity contribution in [2.45, 2.75) is 45.8 Å². The van der Waals surface area contributed by atoms with Gasteiger partial charge in [-0.15, -0.1) is 19.7 Å². The number of rotatable bonds is 9. The van der Waals surface area contributed by atoms with Gasteiger partial charge < -0.3 is 12.3 Å². The molecule has 0 fully saturated rings. The van der Waals surface area contributed by atoms with Gasteiger partial charge in [-0.1, -0.05) is 17.1 Å². The molecule has 0 aromatic heterocycles. The summed E-state index contributed by atoms with van der Waals surface area (Å²) in [5.74, 6) is 0. The van der Waals surface area contributed by atoms with Crippen LogP contribution >= 0.6 is 0 Å². The van der Waals surface area contributed by atoms with Crippen LogP contribution in [0, 0.1) is 0 Å². The van der Waals surface area contributed by atoms with Crippen LogP contribution in [0.5, 0.6) is 0 Å². The van der Waals surface area contributed by atoms with Crippen LogP contribution in [-0.4, -0.2) is 33.8 Å². The topological polar surface area (TPSA) is 27.7 Å². The highest BCUT2D eigenvalue weighted by molar-refractivity contribution is 6.93. The summed E-state index contributed by atoms with van der Waals surface area (Å²) in [6, 6.07) is 0. The molecule has 0 bridgehead atoms. The van der Waals surface area contributed by atoms with E-state index in [1.54, 1.807) is 0 Å². The van der Waals surface area contributed by atoms with Crippen LogP contribution in [0.4, 0.5) is 0 Å². The van der Waals surface area contributed by atoms with Crippen LogP contribution in [0.2, 0.25) is 45.8 Å². The van der Waals surface area contributed by atoms with Crippen molar-refractivity contribution in [3.05, 3.63) is 36.8 Å². The molecule has 20 heavy (non-hydrogen) atoms. The summed E-state index contributed by atoms with van der Waals surface area (Å²) in [4.78, 5) is 0. The van der Waals surface area contributed by atoms with Gasteiger partial charge in [-0.2, -0.15) is 0 Å². The van der Waals surface area contributed by atoms with E-state index in [1.165, 1.54) is 0 Å². The van der Waals surface area contributed by atoms with Gasteiger partial charge in [-0.05, 0) is 39.3 Å². The standard InChI is InChI=1S/C13H30O3Si4/c1-11-17(4,5)14-20(10,15-18(6,7)12-2)16-19(8,9)13-3/h11-13H,1-3H2,4-10H3. The van der Waals surface area contributed by atoms with E-state index in [2.05, 4.69) is 59.0 Å². The van der Waals surface area contributed by atoms with Gasteiger partial charge in [0.1, 0.15) is 0 Å². The van der Waals surface area contributed by atoms with Crippen LogP contribution in [0.1, 0.15) is 0 Å². The summed E-state index contributed by atoms with van der Waals surface area (Å²) in [5.41, 5.74) is 5.74. The van der Waals surface area contributed by atoms with Crippen LogP contribution in [0.25, 0.3) is 0 Å². The monoisotopic (exact) mass is 346 g/mol. The van der Waals surface area contributed by atoms with Gasteiger partial charge in [0.2, 0.25) is 25.0 Å². The lowest BCUT2D eigenvalue weighted by Gasteiger charge is -2.41. The third-order valence-electron chi connectivity index (χ3n) is 2.82. The first-order chi connectivity index (χ1) is 8.80. The summed E-state index contributed by atoms with van der Waals surface area (Å²) >= 11 is 0. The fourth-order valence-corrected chi connectivity index (χ4v) is 15.7. The predicted octanol–water partition coefficient (Wildman–Crippen LogP) is 4.40. The number of hydrogen-bond donors (Lipinski definition) is 0. The van der Waals surface area contributed by atoms with Gasteiger partial charge in [0.15, 0.2) is 0 Å². The van der Waals surface area contributed by atoms with Gasteiger partial charge in [0.25, 0.3) is 0 Å². The third-order valence-corrected chi connectivity index (χ3v) is 16.5. The highest BCUT2D eigenvalue weighted by atomic mass is 28.5. The van der Waals surface area contributed by atoms with E-state index in [1.807, 2.05) is 23.6 Å². The second kappa shape index (κ2) is 6.82. The van der Waals surface area contributed by atoms with E-state index in [9.17, 15) is 0 Å². The molecule has 0 spiro atoms. The van der Waals surface area contributed by atoms with E-state index in [-0.39, 0.29) is 0 Å². The smallest absolute Gasteiger partial charge is 0.413 e. The first kappa shape index (κ1) is 20.0. The zero-order chi connectivity index (χ0) is 16.2. The molecule has 0 aliphatic rings. The van der Waals surface area contributed by atoms with Crippen molar-refractivity contribution in [1.82, 2.24) is 0 Å². The Morgan fingerprint density at radius 3 is 0.900 bits per heavy atom. The second-order valence-corrected chi connectivity index (χ2v) is 21.6. The lowest BCUT2D eigenvalue weighted by molar-refractivity contribution is 0.267. The first-order valence-corrected chi connectivity index (χ1v) is 18.0. The van der Waals surface area contributed by atoms with Crippen LogP contribution in [0.3, 0.4) is 0 Å². The van der Waals surface area contributed by atoms with Crippen molar-refractivity contribution >= 4 is 33.8 Å². The molecule has 0 N–H and O–H groups in total. The average molecular weight is 347 g/mol. The lowest BCUT2D eigenvalue weighted by Crippen LogP contribution is -2.59. The Morgan fingerprint density at radius 1 is 0.550 bits per heavy atom. The SMILES string of the molecule is C=C[Si](C)(C)O[Si](C)(O[Si](C)(C)C=C)O[Si](C)(C)C=C. The fourth-order valence-electron chi connectivity index (χ4n) is 1.62. The first-order valence-electron chi connectivity index (χ1n) is 6.82. The quantitative estimate of drug-likeness (QED) is 0.579. The summed E-state index contributed by atoms with van der Waals surface area (Å²) < 4.78 is 19.0. The van der Waals surface area contributed by atoms with E-state index >= 15 is 0 Å². The van der Waals surface area contributed by atoms with Crippen LogP contribution < -0.4 is 0 Å². The van der Waals surface area contributed by atoms with Gasteiger partial charge in [-0.25, -0.2) is 0 Å². The molecular weight excluding hydrogens is 316 g/mol.